The molecule has 13 heavy (non-hydrogen) atoms. The lowest BCUT2D eigenvalue weighted by molar-refractivity contribution is -0.147. The summed E-state index contributed by atoms with van der Waals surface area (Å²) in [5, 5.41) is 17.5. The molecule has 0 amide bonds. The van der Waals surface area contributed by atoms with Crippen molar-refractivity contribution in [2.75, 3.05) is 0 Å². The molecule has 0 bridgehead atoms. The zero-order chi connectivity index (χ0) is 10.0. The second-order valence-electron chi connectivity index (χ2n) is 2.41. The van der Waals surface area contributed by atoms with E-state index in [0.29, 0.717) is 4.47 Å². The predicted octanol–water partition coefficient (Wildman–Crippen LogP) is 1.71. The Hall–Kier alpha value is -0.940. The van der Waals surface area contributed by atoms with E-state index in [1.807, 2.05) is 0 Å². The van der Waals surface area contributed by atoms with Crippen molar-refractivity contribution >= 4 is 21.9 Å². The molecule has 0 fully saturated rings. The van der Waals surface area contributed by atoms with Gasteiger partial charge in [-0.2, -0.15) is 0 Å². The van der Waals surface area contributed by atoms with E-state index in [1.54, 1.807) is 0 Å². The lowest BCUT2D eigenvalue weighted by atomic mass is 10.1. The second kappa shape index (κ2) is 3.85. The highest BCUT2D eigenvalue weighted by atomic mass is 79.9. The lowest BCUT2D eigenvalue weighted by Crippen LogP contribution is -2.12. The number of carboxylic acid groups (broad SMARTS) is 1. The molecule has 0 aliphatic heterocycles. The third-order valence-electron chi connectivity index (χ3n) is 1.49. The van der Waals surface area contributed by atoms with Crippen LogP contribution in [0.1, 0.15) is 11.7 Å². The van der Waals surface area contributed by atoms with E-state index in [0.717, 1.165) is 6.07 Å². The molecule has 0 aromatic heterocycles. The van der Waals surface area contributed by atoms with Gasteiger partial charge < -0.3 is 10.2 Å². The SMILES string of the molecule is O=C(O)[C@H](O)c1cc(Br)ccc1F. The minimum Gasteiger partial charge on any atom is -0.479 e. The van der Waals surface area contributed by atoms with Gasteiger partial charge in [0.25, 0.3) is 0 Å². The van der Waals surface area contributed by atoms with Crippen molar-refractivity contribution in [2.24, 2.45) is 0 Å². The normalized spacial score (nSPS) is 12.5. The fourth-order valence-corrected chi connectivity index (χ4v) is 1.24. The van der Waals surface area contributed by atoms with Crippen molar-refractivity contribution in [3.8, 4) is 0 Å². The first-order chi connectivity index (χ1) is 6.02. The van der Waals surface area contributed by atoms with Crippen molar-refractivity contribution in [2.45, 2.75) is 6.10 Å². The molecular weight excluding hydrogens is 243 g/mol. The molecule has 5 heteroatoms. The average molecular weight is 249 g/mol. The van der Waals surface area contributed by atoms with E-state index in [1.165, 1.54) is 12.1 Å². The summed E-state index contributed by atoms with van der Waals surface area (Å²) in [4.78, 5) is 10.3. The van der Waals surface area contributed by atoms with E-state index < -0.39 is 17.9 Å². The van der Waals surface area contributed by atoms with Gasteiger partial charge >= 0.3 is 5.97 Å². The van der Waals surface area contributed by atoms with Crippen LogP contribution in [-0.4, -0.2) is 16.2 Å². The number of carbonyl (C=O) groups is 1. The van der Waals surface area contributed by atoms with Gasteiger partial charge in [0.05, 0.1) is 0 Å². The van der Waals surface area contributed by atoms with Gasteiger partial charge in [0, 0.05) is 10.0 Å². The second-order valence-corrected chi connectivity index (χ2v) is 3.32. The van der Waals surface area contributed by atoms with E-state index in [-0.39, 0.29) is 5.56 Å². The fraction of sp³-hybridized carbons (Fsp3) is 0.125. The molecule has 0 heterocycles. The maximum absolute atomic E-state index is 12.9. The summed E-state index contributed by atoms with van der Waals surface area (Å²) in [5.74, 6) is -2.21. The summed E-state index contributed by atoms with van der Waals surface area (Å²) in [6.07, 6.45) is -1.82. The number of carboxylic acids is 1. The standard InChI is InChI=1S/C8H6BrFO3/c9-4-1-2-6(10)5(3-4)7(11)8(12)13/h1-3,7,11H,(H,12,13)/t7-/m1/s1. The Morgan fingerprint density at radius 1 is 1.54 bits per heavy atom. The van der Waals surface area contributed by atoms with Gasteiger partial charge in [-0.15, -0.1) is 0 Å². The van der Waals surface area contributed by atoms with Gasteiger partial charge in [0.2, 0.25) is 0 Å². The van der Waals surface area contributed by atoms with Crippen molar-refractivity contribution in [1.29, 1.82) is 0 Å². The summed E-state index contributed by atoms with van der Waals surface area (Å²) >= 11 is 3.04. The first-order valence-electron chi connectivity index (χ1n) is 3.38. The van der Waals surface area contributed by atoms with E-state index in [2.05, 4.69) is 15.9 Å². The van der Waals surface area contributed by atoms with Crippen molar-refractivity contribution < 1.29 is 19.4 Å². The Bertz CT molecular complexity index is 340. The highest BCUT2D eigenvalue weighted by Gasteiger charge is 2.19. The number of benzene rings is 1. The number of halogens is 2. The minimum atomic E-state index is -1.82. The molecule has 0 aliphatic rings. The molecule has 0 unspecified atom stereocenters. The first kappa shape index (κ1) is 10.1. The summed E-state index contributed by atoms with van der Waals surface area (Å²) < 4.78 is 13.5. The third-order valence-corrected chi connectivity index (χ3v) is 1.98. The van der Waals surface area contributed by atoms with Crippen LogP contribution in [-0.2, 0) is 4.79 Å². The average Bonchev–Trinajstić information content (AvgIpc) is 2.08. The fourth-order valence-electron chi connectivity index (χ4n) is 0.857. The molecule has 1 atom stereocenters. The minimum absolute atomic E-state index is 0.248. The summed E-state index contributed by atoms with van der Waals surface area (Å²) in [6, 6.07) is 3.74. The van der Waals surface area contributed by atoms with Crippen LogP contribution >= 0.6 is 15.9 Å². The molecule has 2 N–H and O–H groups in total. The molecular formula is C8H6BrFO3. The van der Waals surface area contributed by atoms with E-state index in [4.69, 9.17) is 10.2 Å². The van der Waals surface area contributed by atoms with Crippen molar-refractivity contribution in [3.05, 3.63) is 34.1 Å². The summed E-state index contributed by atoms with van der Waals surface area (Å²) in [7, 11) is 0. The summed E-state index contributed by atoms with van der Waals surface area (Å²) in [6.45, 7) is 0. The van der Waals surface area contributed by atoms with Crippen LogP contribution in [0.3, 0.4) is 0 Å². The maximum Gasteiger partial charge on any atom is 0.337 e. The number of hydrogen-bond acceptors (Lipinski definition) is 2. The monoisotopic (exact) mass is 248 g/mol. The van der Waals surface area contributed by atoms with E-state index >= 15 is 0 Å². The van der Waals surface area contributed by atoms with Crippen LogP contribution in [0.15, 0.2) is 22.7 Å². The van der Waals surface area contributed by atoms with Gasteiger partial charge in [-0.1, -0.05) is 15.9 Å². The molecule has 70 valence electrons. The van der Waals surface area contributed by atoms with Crippen LogP contribution in [0.4, 0.5) is 4.39 Å². The van der Waals surface area contributed by atoms with Crippen molar-refractivity contribution in [1.82, 2.24) is 0 Å². The lowest BCUT2D eigenvalue weighted by Gasteiger charge is -2.06. The Labute approximate surface area is 81.9 Å². The Kier molecular flexibility index (Phi) is 3.00. The maximum atomic E-state index is 12.9. The van der Waals surface area contributed by atoms with Gasteiger partial charge in [-0.25, -0.2) is 9.18 Å². The van der Waals surface area contributed by atoms with Gasteiger partial charge in [0.1, 0.15) is 5.82 Å². The van der Waals surface area contributed by atoms with Crippen molar-refractivity contribution in [3.63, 3.8) is 0 Å². The molecule has 3 nitrogen and oxygen atoms in total. The smallest absolute Gasteiger partial charge is 0.337 e. The Morgan fingerprint density at radius 3 is 2.69 bits per heavy atom. The Balaban J connectivity index is 3.12. The predicted molar refractivity (Wildman–Crippen MR) is 46.7 cm³/mol. The van der Waals surface area contributed by atoms with Gasteiger partial charge in [0.15, 0.2) is 6.10 Å². The molecule has 0 saturated heterocycles. The van der Waals surface area contributed by atoms with Crippen LogP contribution in [0.2, 0.25) is 0 Å². The highest BCUT2D eigenvalue weighted by molar-refractivity contribution is 9.10. The van der Waals surface area contributed by atoms with Crippen LogP contribution < -0.4 is 0 Å². The van der Waals surface area contributed by atoms with Crippen LogP contribution in [0.5, 0.6) is 0 Å². The Morgan fingerprint density at radius 2 is 2.15 bits per heavy atom. The molecule has 1 aromatic rings. The molecule has 0 aliphatic carbocycles. The topological polar surface area (TPSA) is 57.5 Å². The van der Waals surface area contributed by atoms with Gasteiger partial charge in [-0.3, -0.25) is 0 Å². The number of aliphatic hydroxyl groups excluding tert-OH is 1. The number of aliphatic hydroxyl groups is 1. The molecule has 0 radical (unpaired) electrons. The highest BCUT2D eigenvalue weighted by Crippen LogP contribution is 2.21. The first-order valence-corrected chi connectivity index (χ1v) is 4.17. The zero-order valence-electron chi connectivity index (χ0n) is 6.37. The largest absolute Gasteiger partial charge is 0.479 e. The molecule has 0 spiro atoms. The van der Waals surface area contributed by atoms with Crippen LogP contribution in [0, 0.1) is 5.82 Å². The number of hydrogen-bond donors (Lipinski definition) is 2. The number of aliphatic carboxylic acids is 1. The number of rotatable bonds is 2. The van der Waals surface area contributed by atoms with Crippen LogP contribution in [0.25, 0.3) is 0 Å². The molecule has 0 saturated carbocycles. The molecule has 1 aromatic carbocycles. The van der Waals surface area contributed by atoms with Gasteiger partial charge in [-0.05, 0) is 18.2 Å². The molecule has 1 rings (SSSR count). The quantitative estimate of drug-likeness (QED) is 0.838. The third kappa shape index (κ3) is 2.26. The van der Waals surface area contributed by atoms with E-state index in [9.17, 15) is 9.18 Å². The summed E-state index contributed by atoms with van der Waals surface area (Å²) in [5.41, 5.74) is -0.248. The zero-order valence-corrected chi connectivity index (χ0v) is 7.95.